The van der Waals surface area contributed by atoms with Gasteiger partial charge in [0.05, 0.1) is 0 Å². The molecule has 0 fully saturated rings. The Labute approximate surface area is 110 Å². The maximum Gasteiger partial charge on any atom is 0.303 e. The van der Waals surface area contributed by atoms with Gasteiger partial charge in [0.1, 0.15) is 11.6 Å². The van der Waals surface area contributed by atoms with Gasteiger partial charge >= 0.3 is 5.97 Å². The van der Waals surface area contributed by atoms with Crippen molar-refractivity contribution in [3.05, 3.63) is 41.5 Å². The van der Waals surface area contributed by atoms with E-state index >= 15 is 0 Å². The molecule has 0 saturated heterocycles. The normalized spacial score (nSPS) is 19.1. The van der Waals surface area contributed by atoms with Gasteiger partial charge in [-0.1, -0.05) is 6.08 Å². The smallest absolute Gasteiger partial charge is 0.303 e. The van der Waals surface area contributed by atoms with Crippen LogP contribution in [0.15, 0.2) is 24.3 Å². The van der Waals surface area contributed by atoms with Crippen LogP contribution >= 0.6 is 0 Å². The summed E-state index contributed by atoms with van der Waals surface area (Å²) in [5.74, 6) is -1.30. The molecule has 1 aliphatic carbocycles. The van der Waals surface area contributed by atoms with E-state index in [0.29, 0.717) is 24.3 Å². The molecule has 1 aromatic carbocycles. The van der Waals surface area contributed by atoms with Crippen molar-refractivity contribution in [3.8, 4) is 0 Å². The van der Waals surface area contributed by atoms with Gasteiger partial charge in [0.2, 0.25) is 0 Å². The molecular formula is C15H16F2O2. The molecule has 0 aliphatic heterocycles. The fourth-order valence-electron chi connectivity index (χ4n) is 2.47. The average molecular weight is 266 g/mol. The van der Waals surface area contributed by atoms with Gasteiger partial charge in [0.15, 0.2) is 0 Å². The molecule has 1 aromatic rings. The van der Waals surface area contributed by atoms with Gasteiger partial charge in [-0.25, -0.2) is 8.78 Å². The number of carboxylic acids is 1. The number of rotatable bonds is 4. The predicted molar refractivity (Wildman–Crippen MR) is 68.5 cm³/mol. The second kappa shape index (κ2) is 5.95. The molecule has 0 spiro atoms. The zero-order valence-electron chi connectivity index (χ0n) is 10.5. The topological polar surface area (TPSA) is 37.3 Å². The van der Waals surface area contributed by atoms with Crippen molar-refractivity contribution < 1.29 is 18.7 Å². The van der Waals surface area contributed by atoms with E-state index in [2.05, 4.69) is 0 Å². The van der Waals surface area contributed by atoms with E-state index in [0.717, 1.165) is 30.5 Å². The van der Waals surface area contributed by atoms with Crippen LogP contribution in [-0.4, -0.2) is 11.1 Å². The third kappa shape index (κ3) is 3.63. The van der Waals surface area contributed by atoms with Crippen molar-refractivity contribution in [2.45, 2.75) is 32.1 Å². The Balaban J connectivity index is 2.04. The molecule has 0 bridgehead atoms. The third-order valence-electron chi connectivity index (χ3n) is 3.56. The first-order valence-corrected chi connectivity index (χ1v) is 6.42. The minimum absolute atomic E-state index is 0.169. The number of hydrogen-bond acceptors (Lipinski definition) is 1. The molecule has 0 aromatic heterocycles. The second-order valence-corrected chi connectivity index (χ2v) is 4.93. The van der Waals surface area contributed by atoms with Crippen LogP contribution in [0.2, 0.25) is 0 Å². The van der Waals surface area contributed by atoms with Gasteiger partial charge < -0.3 is 5.11 Å². The van der Waals surface area contributed by atoms with E-state index in [9.17, 15) is 13.6 Å². The molecule has 4 heteroatoms. The Hall–Kier alpha value is -1.71. The number of carboxylic acid groups (broad SMARTS) is 1. The van der Waals surface area contributed by atoms with Crippen LogP contribution in [0.4, 0.5) is 8.78 Å². The van der Waals surface area contributed by atoms with Gasteiger partial charge in [0.25, 0.3) is 0 Å². The van der Waals surface area contributed by atoms with Crippen molar-refractivity contribution in [3.63, 3.8) is 0 Å². The lowest BCUT2D eigenvalue weighted by Gasteiger charge is -2.21. The standard InChI is InChI=1S/C15H16F2O2/c16-12-6-7-14(17)13(9-12)11-4-1-10(2-5-11)3-8-15(18)19/h4,6-7,9-10H,1-3,5,8H2,(H,18,19). The first-order valence-electron chi connectivity index (χ1n) is 6.42. The van der Waals surface area contributed by atoms with Crippen LogP contribution in [0, 0.1) is 17.6 Å². The van der Waals surface area contributed by atoms with Crippen molar-refractivity contribution in [2.24, 2.45) is 5.92 Å². The minimum Gasteiger partial charge on any atom is -0.481 e. The zero-order chi connectivity index (χ0) is 13.8. The summed E-state index contributed by atoms with van der Waals surface area (Å²) in [6, 6.07) is 3.47. The lowest BCUT2D eigenvalue weighted by atomic mass is 9.84. The molecule has 0 saturated carbocycles. The van der Waals surface area contributed by atoms with E-state index in [4.69, 9.17) is 5.11 Å². The van der Waals surface area contributed by atoms with E-state index in [1.165, 1.54) is 6.07 Å². The second-order valence-electron chi connectivity index (χ2n) is 4.93. The maximum absolute atomic E-state index is 13.6. The SMILES string of the molecule is O=C(O)CCC1CC=C(c2cc(F)ccc2F)CC1. The van der Waals surface area contributed by atoms with Gasteiger partial charge in [-0.2, -0.15) is 0 Å². The van der Waals surface area contributed by atoms with Crippen LogP contribution in [0.25, 0.3) is 5.57 Å². The number of carbonyl (C=O) groups is 1. The lowest BCUT2D eigenvalue weighted by molar-refractivity contribution is -0.137. The molecule has 19 heavy (non-hydrogen) atoms. The minimum atomic E-state index is -0.786. The predicted octanol–water partition coefficient (Wildman–Crippen LogP) is 4.01. The molecule has 2 nitrogen and oxygen atoms in total. The molecule has 2 rings (SSSR count). The molecule has 0 heterocycles. The summed E-state index contributed by atoms with van der Waals surface area (Å²) >= 11 is 0. The molecule has 1 unspecified atom stereocenters. The van der Waals surface area contributed by atoms with Gasteiger partial charge in [-0.3, -0.25) is 4.79 Å². The molecule has 1 N–H and O–H groups in total. The summed E-state index contributed by atoms with van der Waals surface area (Å²) in [5, 5.41) is 8.63. The largest absolute Gasteiger partial charge is 0.481 e. The highest BCUT2D eigenvalue weighted by Gasteiger charge is 2.18. The monoisotopic (exact) mass is 266 g/mol. The molecule has 1 atom stereocenters. The number of hydrogen-bond donors (Lipinski definition) is 1. The van der Waals surface area contributed by atoms with Crippen LogP contribution < -0.4 is 0 Å². The summed E-state index contributed by atoms with van der Waals surface area (Å²) < 4.78 is 26.7. The first kappa shape index (κ1) is 13.7. The number of allylic oxidation sites excluding steroid dienone is 2. The summed E-state index contributed by atoms with van der Waals surface area (Å²) in [5.41, 5.74) is 1.15. The highest BCUT2D eigenvalue weighted by Crippen LogP contribution is 2.33. The number of halogens is 2. The van der Waals surface area contributed by atoms with Crippen LogP contribution in [0.1, 0.15) is 37.7 Å². The summed E-state index contributed by atoms with van der Waals surface area (Å²) in [6.45, 7) is 0. The summed E-state index contributed by atoms with van der Waals surface area (Å²) in [4.78, 5) is 10.5. The average Bonchev–Trinajstić information content (AvgIpc) is 2.40. The van der Waals surface area contributed by atoms with Crippen molar-refractivity contribution in [2.75, 3.05) is 0 Å². The molecule has 0 amide bonds. The van der Waals surface area contributed by atoms with E-state index in [1.807, 2.05) is 6.08 Å². The quantitative estimate of drug-likeness (QED) is 0.893. The summed E-state index contributed by atoms with van der Waals surface area (Å²) in [7, 11) is 0. The molecule has 102 valence electrons. The van der Waals surface area contributed by atoms with Gasteiger partial charge in [-0.15, -0.1) is 0 Å². The Kier molecular flexibility index (Phi) is 4.30. The fraction of sp³-hybridized carbons (Fsp3) is 0.400. The first-order chi connectivity index (χ1) is 9.06. The molecular weight excluding hydrogens is 250 g/mol. The highest BCUT2D eigenvalue weighted by molar-refractivity contribution is 5.67. The Morgan fingerprint density at radius 1 is 1.37 bits per heavy atom. The number of benzene rings is 1. The van der Waals surface area contributed by atoms with Crippen molar-refractivity contribution in [1.29, 1.82) is 0 Å². The van der Waals surface area contributed by atoms with Crippen LogP contribution in [0.5, 0.6) is 0 Å². The van der Waals surface area contributed by atoms with E-state index in [1.54, 1.807) is 0 Å². The Bertz CT molecular complexity index is 509. The molecule has 1 aliphatic rings. The maximum atomic E-state index is 13.6. The van der Waals surface area contributed by atoms with E-state index < -0.39 is 17.6 Å². The zero-order valence-corrected chi connectivity index (χ0v) is 10.5. The fourth-order valence-corrected chi connectivity index (χ4v) is 2.47. The Morgan fingerprint density at radius 3 is 2.79 bits per heavy atom. The van der Waals surface area contributed by atoms with Crippen molar-refractivity contribution in [1.82, 2.24) is 0 Å². The third-order valence-corrected chi connectivity index (χ3v) is 3.56. The molecule has 0 radical (unpaired) electrons. The number of aliphatic carboxylic acids is 1. The van der Waals surface area contributed by atoms with Gasteiger partial charge in [-0.05, 0) is 55.4 Å². The van der Waals surface area contributed by atoms with Crippen molar-refractivity contribution >= 4 is 11.5 Å². The Morgan fingerprint density at radius 2 is 2.16 bits per heavy atom. The summed E-state index contributed by atoms with van der Waals surface area (Å²) in [6.07, 6.45) is 4.96. The highest BCUT2D eigenvalue weighted by atomic mass is 19.1. The van der Waals surface area contributed by atoms with Crippen LogP contribution in [-0.2, 0) is 4.79 Å². The van der Waals surface area contributed by atoms with E-state index in [-0.39, 0.29) is 6.42 Å². The van der Waals surface area contributed by atoms with Gasteiger partial charge in [0, 0.05) is 12.0 Å². The van der Waals surface area contributed by atoms with Crippen LogP contribution in [0.3, 0.4) is 0 Å². The lowest BCUT2D eigenvalue weighted by Crippen LogP contribution is -2.08.